The number of rotatable bonds is 1. The molecule has 1 unspecified atom stereocenters. The summed E-state index contributed by atoms with van der Waals surface area (Å²) >= 11 is 0. The van der Waals surface area contributed by atoms with E-state index < -0.39 is 0 Å². The van der Waals surface area contributed by atoms with Crippen molar-refractivity contribution in [3.8, 4) is 0 Å². The molecular weight excluding hydrogens is 191 g/mol. The van der Waals surface area contributed by atoms with Gasteiger partial charge in [0.05, 0.1) is 0 Å². The lowest BCUT2D eigenvalue weighted by Gasteiger charge is -2.26. The van der Waals surface area contributed by atoms with Gasteiger partial charge < -0.3 is 5.32 Å². The zero-order chi connectivity index (χ0) is 10.7. The van der Waals surface area contributed by atoms with Crippen LogP contribution in [0.25, 0.3) is 0 Å². The highest BCUT2D eigenvalue weighted by molar-refractivity contribution is 5.21. The van der Waals surface area contributed by atoms with E-state index in [-0.39, 0.29) is 11.9 Å². The van der Waals surface area contributed by atoms with E-state index in [1.165, 1.54) is 6.07 Å². The number of hydrogen-bond donors (Lipinski definition) is 1. The third-order valence-corrected chi connectivity index (χ3v) is 3.00. The van der Waals surface area contributed by atoms with E-state index in [1.807, 2.05) is 12.1 Å². The first-order valence-corrected chi connectivity index (χ1v) is 5.44. The van der Waals surface area contributed by atoms with Crippen LogP contribution in [-0.4, -0.2) is 31.6 Å². The Morgan fingerprint density at radius 2 is 2.20 bits per heavy atom. The van der Waals surface area contributed by atoms with Crippen LogP contribution < -0.4 is 5.32 Å². The molecule has 1 aromatic carbocycles. The molecule has 0 bridgehead atoms. The summed E-state index contributed by atoms with van der Waals surface area (Å²) in [6, 6.07) is 7.21. The Kier molecular flexibility index (Phi) is 3.34. The highest BCUT2D eigenvalue weighted by Gasteiger charge is 2.21. The first kappa shape index (κ1) is 10.6. The molecule has 2 rings (SSSR count). The van der Waals surface area contributed by atoms with Crippen LogP contribution in [0, 0.1) is 5.82 Å². The van der Waals surface area contributed by atoms with Crippen molar-refractivity contribution in [3.63, 3.8) is 0 Å². The van der Waals surface area contributed by atoms with E-state index >= 15 is 0 Å². The van der Waals surface area contributed by atoms with Crippen molar-refractivity contribution in [2.45, 2.75) is 12.5 Å². The third kappa shape index (κ3) is 2.36. The summed E-state index contributed by atoms with van der Waals surface area (Å²) < 4.78 is 13.6. The van der Waals surface area contributed by atoms with E-state index in [9.17, 15) is 4.39 Å². The van der Waals surface area contributed by atoms with Crippen LogP contribution in [0.3, 0.4) is 0 Å². The Labute approximate surface area is 90.1 Å². The summed E-state index contributed by atoms with van der Waals surface area (Å²) in [5, 5.41) is 3.35. The zero-order valence-electron chi connectivity index (χ0n) is 9.04. The van der Waals surface area contributed by atoms with E-state index in [4.69, 9.17) is 0 Å². The highest BCUT2D eigenvalue weighted by atomic mass is 19.1. The fourth-order valence-electron chi connectivity index (χ4n) is 2.10. The van der Waals surface area contributed by atoms with Crippen LogP contribution in [0.2, 0.25) is 0 Å². The van der Waals surface area contributed by atoms with Crippen molar-refractivity contribution >= 4 is 0 Å². The fourth-order valence-corrected chi connectivity index (χ4v) is 2.10. The Balaban J connectivity index is 2.24. The maximum atomic E-state index is 13.6. The van der Waals surface area contributed by atoms with Gasteiger partial charge in [-0.05, 0) is 32.6 Å². The van der Waals surface area contributed by atoms with Gasteiger partial charge in [0.1, 0.15) is 5.82 Å². The summed E-state index contributed by atoms with van der Waals surface area (Å²) in [4.78, 5) is 2.22. The molecule has 1 heterocycles. The molecule has 0 aromatic heterocycles. The maximum absolute atomic E-state index is 13.6. The Morgan fingerprint density at radius 1 is 1.40 bits per heavy atom. The first-order valence-electron chi connectivity index (χ1n) is 5.44. The number of halogens is 1. The minimum absolute atomic E-state index is 0.0990. The molecule has 1 aliphatic heterocycles. The lowest BCUT2D eigenvalue weighted by atomic mass is 10.1. The molecule has 82 valence electrons. The normalized spacial score (nSPS) is 23.7. The molecule has 1 aromatic rings. The average molecular weight is 208 g/mol. The van der Waals surface area contributed by atoms with Crippen LogP contribution in [-0.2, 0) is 0 Å². The van der Waals surface area contributed by atoms with Crippen LogP contribution >= 0.6 is 0 Å². The van der Waals surface area contributed by atoms with Gasteiger partial charge in [0.15, 0.2) is 0 Å². The minimum Gasteiger partial charge on any atom is -0.315 e. The molecule has 1 aliphatic rings. The van der Waals surface area contributed by atoms with Gasteiger partial charge in [0, 0.05) is 18.2 Å². The molecule has 3 heteroatoms. The predicted octanol–water partition coefficient (Wildman–Crippen LogP) is 1.79. The molecule has 0 amide bonds. The van der Waals surface area contributed by atoms with Crippen molar-refractivity contribution in [3.05, 3.63) is 35.6 Å². The summed E-state index contributed by atoms with van der Waals surface area (Å²) in [6.07, 6.45) is 1.13. The third-order valence-electron chi connectivity index (χ3n) is 3.00. The van der Waals surface area contributed by atoms with Crippen molar-refractivity contribution < 1.29 is 4.39 Å². The summed E-state index contributed by atoms with van der Waals surface area (Å²) in [5.74, 6) is -0.0990. The highest BCUT2D eigenvalue weighted by Crippen LogP contribution is 2.22. The lowest BCUT2D eigenvalue weighted by molar-refractivity contribution is 0.256. The fraction of sp³-hybridized carbons (Fsp3) is 0.500. The number of benzene rings is 1. The average Bonchev–Trinajstić information content (AvgIpc) is 2.44. The minimum atomic E-state index is -0.0990. The van der Waals surface area contributed by atoms with Crippen molar-refractivity contribution in [1.29, 1.82) is 0 Å². The number of nitrogens with zero attached hydrogens (tertiary/aromatic N) is 1. The second-order valence-corrected chi connectivity index (χ2v) is 4.08. The van der Waals surface area contributed by atoms with Crippen molar-refractivity contribution in [1.82, 2.24) is 10.2 Å². The van der Waals surface area contributed by atoms with Gasteiger partial charge in [-0.1, -0.05) is 18.2 Å². The molecular formula is C12H17FN2. The molecule has 0 radical (unpaired) electrons. The zero-order valence-corrected chi connectivity index (χ0v) is 9.04. The number of hydrogen-bond acceptors (Lipinski definition) is 2. The molecule has 0 aliphatic carbocycles. The van der Waals surface area contributed by atoms with Crippen LogP contribution in [0.4, 0.5) is 4.39 Å². The number of nitrogens with one attached hydrogen (secondary N) is 1. The SMILES string of the molecule is CN1CCCNCC1c1ccccc1F. The standard InChI is InChI=1S/C12H17FN2/c1-15-8-4-7-14-9-12(15)10-5-2-3-6-11(10)13/h2-3,5-6,12,14H,4,7-9H2,1H3. The van der Waals surface area contributed by atoms with Gasteiger partial charge in [-0.15, -0.1) is 0 Å². The van der Waals surface area contributed by atoms with E-state index in [1.54, 1.807) is 6.07 Å². The monoisotopic (exact) mass is 208 g/mol. The van der Waals surface area contributed by atoms with Crippen molar-refractivity contribution in [2.24, 2.45) is 0 Å². The molecule has 1 saturated heterocycles. The molecule has 0 spiro atoms. The summed E-state index contributed by atoms with van der Waals surface area (Å²) in [5.41, 5.74) is 0.800. The largest absolute Gasteiger partial charge is 0.315 e. The molecule has 1 N–H and O–H groups in total. The summed E-state index contributed by atoms with van der Waals surface area (Å²) in [7, 11) is 2.06. The van der Waals surface area contributed by atoms with Gasteiger partial charge in [-0.3, -0.25) is 4.90 Å². The second kappa shape index (κ2) is 4.73. The maximum Gasteiger partial charge on any atom is 0.128 e. The molecule has 0 saturated carbocycles. The van der Waals surface area contributed by atoms with Gasteiger partial charge in [0.25, 0.3) is 0 Å². The quantitative estimate of drug-likeness (QED) is 0.757. The van der Waals surface area contributed by atoms with Crippen LogP contribution in [0.5, 0.6) is 0 Å². The predicted molar refractivity (Wildman–Crippen MR) is 59.3 cm³/mol. The molecule has 2 nitrogen and oxygen atoms in total. The van der Waals surface area contributed by atoms with E-state index in [2.05, 4.69) is 17.3 Å². The molecule has 15 heavy (non-hydrogen) atoms. The van der Waals surface area contributed by atoms with Gasteiger partial charge in [-0.25, -0.2) is 4.39 Å². The first-order chi connectivity index (χ1) is 7.29. The summed E-state index contributed by atoms with van der Waals surface area (Å²) in [6.45, 7) is 2.87. The smallest absolute Gasteiger partial charge is 0.128 e. The Hall–Kier alpha value is -0.930. The van der Waals surface area contributed by atoms with Crippen LogP contribution in [0.15, 0.2) is 24.3 Å². The van der Waals surface area contributed by atoms with Gasteiger partial charge in [0.2, 0.25) is 0 Å². The molecule has 1 fully saturated rings. The topological polar surface area (TPSA) is 15.3 Å². The van der Waals surface area contributed by atoms with Crippen LogP contribution in [0.1, 0.15) is 18.0 Å². The lowest BCUT2D eigenvalue weighted by Crippen LogP contribution is -2.30. The van der Waals surface area contributed by atoms with E-state index in [0.29, 0.717) is 0 Å². The van der Waals surface area contributed by atoms with Crippen molar-refractivity contribution in [2.75, 3.05) is 26.7 Å². The van der Waals surface area contributed by atoms with Gasteiger partial charge in [-0.2, -0.15) is 0 Å². The molecule has 1 atom stereocenters. The Bertz CT molecular complexity index is 327. The Morgan fingerprint density at radius 3 is 3.00 bits per heavy atom. The van der Waals surface area contributed by atoms with Gasteiger partial charge >= 0.3 is 0 Å². The number of likely N-dealkylation sites (N-methyl/N-ethyl adjacent to an activating group) is 1. The second-order valence-electron chi connectivity index (χ2n) is 4.08. The van der Waals surface area contributed by atoms with E-state index in [0.717, 1.165) is 31.6 Å².